The molecule has 4 rings (SSSR count). The number of nitrogens with one attached hydrogen (secondary N) is 1. The summed E-state index contributed by atoms with van der Waals surface area (Å²) >= 11 is 0. The van der Waals surface area contributed by atoms with Crippen LogP contribution in [0, 0.1) is 6.92 Å². The zero-order valence-electron chi connectivity index (χ0n) is 18.9. The number of hydrogen-bond donors (Lipinski definition) is 1. The Balaban J connectivity index is 1.68. The molecule has 0 aliphatic carbocycles. The first kappa shape index (κ1) is 21.6. The molecular formula is C27H28N2O3. The first-order valence-electron chi connectivity index (χ1n) is 10.8. The average molecular weight is 429 g/mol. The normalized spacial score (nSPS) is 11.6. The fraction of sp³-hybridized carbons (Fsp3) is 0.259. The van der Waals surface area contributed by atoms with Crippen molar-refractivity contribution in [2.75, 3.05) is 0 Å². The molecule has 5 nitrogen and oxygen atoms in total. The molecule has 0 unspecified atom stereocenters. The Morgan fingerprint density at radius 2 is 1.75 bits per heavy atom. The minimum Gasteiger partial charge on any atom is -0.467 e. The van der Waals surface area contributed by atoms with Crippen LogP contribution in [0.3, 0.4) is 0 Å². The second-order valence-corrected chi connectivity index (χ2v) is 9.28. The predicted octanol–water partition coefficient (Wildman–Crippen LogP) is 5.57. The summed E-state index contributed by atoms with van der Waals surface area (Å²) in [5.74, 6) is 0.517. The molecule has 5 heteroatoms. The van der Waals surface area contributed by atoms with Gasteiger partial charge in [-0.15, -0.1) is 0 Å². The first-order chi connectivity index (χ1) is 15.2. The molecule has 0 radical (unpaired) electrons. The number of aryl methyl sites for hydroxylation is 1. The highest BCUT2D eigenvalue weighted by Gasteiger charge is 2.21. The van der Waals surface area contributed by atoms with Crippen LogP contribution in [0.15, 0.2) is 76.1 Å². The van der Waals surface area contributed by atoms with E-state index in [0.717, 1.165) is 22.0 Å². The molecular weight excluding hydrogens is 400 g/mol. The van der Waals surface area contributed by atoms with Crippen LogP contribution in [0.5, 0.6) is 0 Å². The number of fused-ring (bicyclic) bond motifs is 1. The van der Waals surface area contributed by atoms with Crippen LogP contribution in [0.4, 0.5) is 0 Å². The van der Waals surface area contributed by atoms with Gasteiger partial charge in [0, 0.05) is 16.6 Å². The molecule has 164 valence electrons. The lowest BCUT2D eigenvalue weighted by molar-refractivity contribution is 0.0717. The van der Waals surface area contributed by atoms with E-state index in [0.29, 0.717) is 16.9 Å². The molecule has 4 aromatic rings. The van der Waals surface area contributed by atoms with E-state index < -0.39 is 0 Å². The molecule has 1 amide bonds. The van der Waals surface area contributed by atoms with Crippen molar-refractivity contribution in [2.45, 2.75) is 46.2 Å². The van der Waals surface area contributed by atoms with Gasteiger partial charge in [0.25, 0.3) is 11.5 Å². The third-order valence-corrected chi connectivity index (χ3v) is 5.65. The number of pyridine rings is 1. The Morgan fingerprint density at radius 1 is 1.00 bits per heavy atom. The molecule has 0 spiro atoms. The molecule has 0 fully saturated rings. The quantitative estimate of drug-likeness (QED) is 0.452. The van der Waals surface area contributed by atoms with Gasteiger partial charge in [-0.25, -0.2) is 0 Å². The molecule has 0 aliphatic rings. The van der Waals surface area contributed by atoms with E-state index in [4.69, 9.17) is 4.42 Å². The molecule has 2 aromatic heterocycles. The minimum atomic E-state index is -0.193. The Bertz CT molecular complexity index is 1290. The number of aromatic nitrogens is 1. The van der Waals surface area contributed by atoms with Crippen LogP contribution in [0.2, 0.25) is 0 Å². The molecule has 0 atom stereocenters. The van der Waals surface area contributed by atoms with Crippen LogP contribution in [-0.2, 0) is 18.5 Å². The van der Waals surface area contributed by atoms with E-state index in [9.17, 15) is 9.59 Å². The molecule has 2 aromatic carbocycles. The molecule has 32 heavy (non-hydrogen) atoms. The van der Waals surface area contributed by atoms with Gasteiger partial charge in [-0.3, -0.25) is 9.59 Å². The molecule has 0 aliphatic heterocycles. The second kappa shape index (κ2) is 8.50. The van der Waals surface area contributed by atoms with Gasteiger partial charge in [0.05, 0.1) is 19.4 Å². The summed E-state index contributed by atoms with van der Waals surface area (Å²) < 4.78 is 5.49. The topological polar surface area (TPSA) is 66.3 Å². The van der Waals surface area contributed by atoms with E-state index >= 15 is 0 Å². The Kier molecular flexibility index (Phi) is 5.74. The number of rotatable bonds is 5. The molecule has 1 N–H and O–H groups in total. The van der Waals surface area contributed by atoms with E-state index in [2.05, 4.69) is 25.8 Å². The lowest BCUT2D eigenvalue weighted by Gasteiger charge is -2.23. The Labute approximate surface area is 187 Å². The maximum atomic E-state index is 13.4. The van der Waals surface area contributed by atoms with Gasteiger partial charge in [0.2, 0.25) is 0 Å². The number of hydrogen-bond acceptors (Lipinski definition) is 3. The van der Waals surface area contributed by atoms with Gasteiger partial charge in [-0.1, -0.05) is 44.5 Å². The van der Waals surface area contributed by atoms with E-state index in [1.165, 1.54) is 0 Å². The highest BCUT2D eigenvalue weighted by Crippen LogP contribution is 2.23. The summed E-state index contributed by atoms with van der Waals surface area (Å²) in [5, 5.41) is 0.944. The largest absolute Gasteiger partial charge is 0.467 e. The number of nitrogens with zero attached hydrogens (tertiary/aromatic N) is 1. The van der Waals surface area contributed by atoms with Crippen LogP contribution in [0.25, 0.3) is 10.9 Å². The highest BCUT2D eigenvalue weighted by atomic mass is 16.3. The van der Waals surface area contributed by atoms with E-state index in [1.807, 2.05) is 61.5 Å². The van der Waals surface area contributed by atoms with Crippen molar-refractivity contribution in [1.82, 2.24) is 9.88 Å². The lowest BCUT2D eigenvalue weighted by Crippen LogP contribution is -2.32. The fourth-order valence-electron chi connectivity index (χ4n) is 3.78. The highest BCUT2D eigenvalue weighted by molar-refractivity contribution is 5.94. The monoisotopic (exact) mass is 428 g/mol. The van der Waals surface area contributed by atoms with Crippen LogP contribution in [0.1, 0.15) is 53.6 Å². The number of amides is 1. The number of aromatic amines is 1. The maximum Gasteiger partial charge on any atom is 0.254 e. The van der Waals surface area contributed by atoms with Crippen molar-refractivity contribution in [3.8, 4) is 0 Å². The number of benzene rings is 2. The van der Waals surface area contributed by atoms with E-state index in [-0.39, 0.29) is 30.0 Å². The minimum absolute atomic E-state index is 0.00591. The number of carbonyl (C=O) groups excluding carboxylic acids is 1. The SMILES string of the molecule is Cc1ccc2[nH]c(=O)c(CN(Cc3ccco3)C(=O)c3ccc(C(C)(C)C)cc3)cc2c1. The lowest BCUT2D eigenvalue weighted by atomic mass is 9.86. The van der Waals surface area contributed by atoms with Crippen molar-refractivity contribution in [3.63, 3.8) is 0 Å². The smallest absolute Gasteiger partial charge is 0.254 e. The maximum absolute atomic E-state index is 13.4. The molecule has 0 bridgehead atoms. The third-order valence-electron chi connectivity index (χ3n) is 5.65. The fourth-order valence-corrected chi connectivity index (χ4v) is 3.78. The number of carbonyl (C=O) groups is 1. The van der Waals surface area contributed by atoms with Crippen LogP contribution >= 0.6 is 0 Å². The molecule has 0 saturated carbocycles. The summed E-state index contributed by atoms with van der Waals surface area (Å²) in [6.45, 7) is 8.89. The predicted molar refractivity (Wildman–Crippen MR) is 127 cm³/mol. The van der Waals surface area contributed by atoms with Crippen molar-refractivity contribution in [1.29, 1.82) is 0 Å². The standard InChI is InChI=1S/C27H28N2O3/c1-18-7-12-24-20(14-18)15-21(25(30)28-24)16-29(17-23-6-5-13-32-23)26(31)19-8-10-22(11-9-19)27(2,3)4/h5-15H,16-17H2,1-4H3,(H,28,30). The van der Waals surface area contributed by atoms with Gasteiger partial charge < -0.3 is 14.3 Å². The van der Waals surface area contributed by atoms with Gasteiger partial charge in [0.1, 0.15) is 5.76 Å². The number of H-pyrrole nitrogens is 1. The van der Waals surface area contributed by atoms with Crippen LogP contribution in [-0.4, -0.2) is 15.8 Å². The summed E-state index contributed by atoms with van der Waals surface area (Å²) in [7, 11) is 0. The summed E-state index contributed by atoms with van der Waals surface area (Å²) in [4.78, 5) is 30.8. The van der Waals surface area contributed by atoms with E-state index in [1.54, 1.807) is 17.2 Å². The summed E-state index contributed by atoms with van der Waals surface area (Å²) in [6, 6.07) is 19.1. The van der Waals surface area contributed by atoms with Crippen molar-refractivity contribution < 1.29 is 9.21 Å². The second-order valence-electron chi connectivity index (χ2n) is 9.28. The zero-order valence-corrected chi connectivity index (χ0v) is 18.9. The number of furan rings is 1. The van der Waals surface area contributed by atoms with Gasteiger partial charge in [-0.05, 0) is 65.8 Å². The molecule has 2 heterocycles. The Hall–Kier alpha value is -3.60. The summed E-state index contributed by atoms with van der Waals surface area (Å²) in [5.41, 5.74) is 3.98. The first-order valence-corrected chi connectivity index (χ1v) is 10.8. The van der Waals surface area contributed by atoms with Gasteiger partial charge in [0.15, 0.2) is 0 Å². The average Bonchev–Trinajstić information content (AvgIpc) is 3.26. The zero-order chi connectivity index (χ0) is 22.9. The van der Waals surface area contributed by atoms with Crippen molar-refractivity contribution in [2.24, 2.45) is 0 Å². The molecule has 0 saturated heterocycles. The van der Waals surface area contributed by atoms with Crippen LogP contribution < -0.4 is 5.56 Å². The van der Waals surface area contributed by atoms with Gasteiger partial charge >= 0.3 is 0 Å². The summed E-state index contributed by atoms with van der Waals surface area (Å²) in [6.07, 6.45) is 1.59. The Morgan fingerprint density at radius 3 is 2.41 bits per heavy atom. The third kappa shape index (κ3) is 4.67. The van der Waals surface area contributed by atoms with Gasteiger partial charge in [-0.2, -0.15) is 0 Å². The van der Waals surface area contributed by atoms with Crippen molar-refractivity contribution in [3.05, 3.63) is 105 Å². The van der Waals surface area contributed by atoms with Crippen molar-refractivity contribution >= 4 is 16.8 Å².